The smallest absolute Gasteiger partial charge is 0.335 e. The van der Waals surface area contributed by atoms with Crippen LogP contribution in [0.15, 0.2) is 50.6 Å². The summed E-state index contributed by atoms with van der Waals surface area (Å²) in [4.78, 5) is 11.1. The monoisotopic (exact) mass is 418 g/mol. The van der Waals surface area contributed by atoms with E-state index in [4.69, 9.17) is 19.3 Å². The van der Waals surface area contributed by atoms with Crippen LogP contribution in [0.4, 0.5) is 11.4 Å². The number of azo groups is 1. The lowest BCUT2D eigenvalue weighted by atomic mass is 10.1. The second-order valence-electron chi connectivity index (χ2n) is 5.34. The second-order valence-corrected chi connectivity index (χ2v) is 6.26. The molecule has 2 aromatic carbocycles. The number of rotatable bonds is 5. The lowest BCUT2D eigenvalue weighted by Gasteiger charge is -2.17. The van der Waals surface area contributed by atoms with Crippen molar-refractivity contribution in [3.63, 3.8) is 0 Å². The molecular weight excluding hydrogens is 404 g/mol. The summed E-state index contributed by atoms with van der Waals surface area (Å²) in [6.45, 7) is 0.00242. The van der Waals surface area contributed by atoms with Crippen LogP contribution in [0.2, 0.25) is 0 Å². The number of benzene rings is 2. The summed E-state index contributed by atoms with van der Waals surface area (Å²) in [5.41, 5.74) is 1.77. The minimum Gasteiger partial charge on any atom is -0.494 e. The van der Waals surface area contributed by atoms with E-state index in [9.17, 15) is 4.79 Å². The average Bonchev–Trinajstić information content (AvgIpc) is 2.65. The number of ether oxygens (including phenoxy) is 3. The van der Waals surface area contributed by atoms with Crippen molar-refractivity contribution in [3.8, 4) is 17.2 Å². The lowest BCUT2D eigenvalue weighted by molar-refractivity contribution is -0.132. The van der Waals surface area contributed by atoms with E-state index in [1.165, 1.54) is 7.11 Å². The van der Waals surface area contributed by atoms with Crippen molar-refractivity contribution >= 4 is 39.4 Å². The molecule has 2 aromatic rings. The largest absolute Gasteiger partial charge is 0.494 e. The summed E-state index contributed by atoms with van der Waals surface area (Å²) in [6.07, 6.45) is 1.56. The molecule has 1 aliphatic heterocycles. The Hall–Kier alpha value is -2.87. The van der Waals surface area contributed by atoms with E-state index < -0.39 is 5.97 Å². The first-order valence-corrected chi connectivity index (χ1v) is 8.35. The number of nitrogens with zero attached hydrogens (tertiary/aromatic N) is 2. The van der Waals surface area contributed by atoms with Gasteiger partial charge in [-0.15, -0.1) is 10.2 Å². The van der Waals surface area contributed by atoms with Crippen LogP contribution in [0.3, 0.4) is 0 Å². The van der Waals surface area contributed by atoms with Crippen LogP contribution in [-0.2, 0) is 4.79 Å². The number of methoxy groups -OCH3 is 2. The van der Waals surface area contributed by atoms with Crippen molar-refractivity contribution in [2.45, 2.75) is 0 Å². The number of hydrogen-bond acceptors (Lipinski definition) is 6. The minimum absolute atomic E-state index is 0.00242. The summed E-state index contributed by atoms with van der Waals surface area (Å²) in [6, 6.07) is 8.72. The molecule has 134 valence electrons. The third-order valence-corrected chi connectivity index (χ3v) is 4.20. The van der Waals surface area contributed by atoms with Crippen molar-refractivity contribution in [1.29, 1.82) is 0 Å². The predicted octanol–water partition coefficient (Wildman–Crippen LogP) is 4.74. The predicted molar refractivity (Wildman–Crippen MR) is 99.0 cm³/mol. The molecular formula is C18H15BrN2O5. The maximum atomic E-state index is 11.1. The van der Waals surface area contributed by atoms with E-state index in [0.717, 1.165) is 4.47 Å². The highest BCUT2D eigenvalue weighted by molar-refractivity contribution is 9.10. The topological polar surface area (TPSA) is 89.7 Å². The molecule has 1 N–H and O–H groups in total. The highest BCUT2D eigenvalue weighted by atomic mass is 79.9. The summed E-state index contributed by atoms with van der Waals surface area (Å²) in [7, 11) is 3.07. The Labute approximate surface area is 158 Å². The van der Waals surface area contributed by atoms with E-state index >= 15 is 0 Å². The Kier molecular flexibility index (Phi) is 5.22. The molecule has 0 spiro atoms. The minimum atomic E-state index is -1.02. The first-order chi connectivity index (χ1) is 12.5. The number of hydrogen-bond donors (Lipinski definition) is 1. The first kappa shape index (κ1) is 17.9. The molecule has 3 rings (SSSR count). The number of carboxylic acids is 1. The van der Waals surface area contributed by atoms with Gasteiger partial charge in [-0.05, 0) is 30.3 Å². The molecule has 0 aromatic heterocycles. The Balaban J connectivity index is 2.00. The molecule has 0 amide bonds. The number of aliphatic carboxylic acids is 1. The SMILES string of the molecule is COc1cc(Br)ccc1/N=N/c1cc2c(cc1OC)OCC(C(=O)O)=C2. The van der Waals surface area contributed by atoms with E-state index in [2.05, 4.69) is 26.2 Å². The van der Waals surface area contributed by atoms with E-state index in [-0.39, 0.29) is 12.2 Å². The fourth-order valence-electron chi connectivity index (χ4n) is 2.40. The molecule has 7 nitrogen and oxygen atoms in total. The van der Waals surface area contributed by atoms with Gasteiger partial charge in [0.1, 0.15) is 35.2 Å². The molecule has 0 saturated heterocycles. The highest BCUT2D eigenvalue weighted by Gasteiger charge is 2.19. The molecule has 26 heavy (non-hydrogen) atoms. The molecule has 0 saturated carbocycles. The zero-order valence-corrected chi connectivity index (χ0v) is 15.6. The summed E-state index contributed by atoms with van der Waals surface area (Å²) in [5, 5.41) is 17.6. The maximum absolute atomic E-state index is 11.1. The molecule has 0 bridgehead atoms. The standard InChI is InChI=1S/C18H15BrN2O5/c1-24-16-7-12(19)3-4-13(16)20-21-14-6-10-5-11(18(22)23)9-26-15(10)8-17(14)25-2/h3-8H,9H2,1-2H3,(H,22,23)/b21-20+. The number of halogens is 1. The first-order valence-electron chi connectivity index (χ1n) is 7.56. The van der Waals surface area contributed by atoms with Gasteiger partial charge in [0.15, 0.2) is 0 Å². The molecule has 1 heterocycles. The highest BCUT2D eigenvalue weighted by Crippen LogP contribution is 2.39. The Morgan fingerprint density at radius 3 is 2.50 bits per heavy atom. The molecule has 0 aliphatic carbocycles. The fraction of sp³-hybridized carbons (Fsp3) is 0.167. The number of carbonyl (C=O) groups is 1. The van der Waals surface area contributed by atoms with Crippen LogP contribution in [0.25, 0.3) is 6.08 Å². The maximum Gasteiger partial charge on any atom is 0.335 e. The molecule has 0 radical (unpaired) electrons. The normalized spacial score (nSPS) is 13.0. The van der Waals surface area contributed by atoms with Crippen LogP contribution in [0.5, 0.6) is 17.2 Å². The van der Waals surface area contributed by atoms with Crippen molar-refractivity contribution in [3.05, 3.63) is 45.9 Å². The van der Waals surface area contributed by atoms with Crippen LogP contribution in [0.1, 0.15) is 5.56 Å². The van der Waals surface area contributed by atoms with Gasteiger partial charge < -0.3 is 19.3 Å². The van der Waals surface area contributed by atoms with Crippen LogP contribution >= 0.6 is 15.9 Å². The van der Waals surface area contributed by atoms with Gasteiger partial charge in [-0.1, -0.05) is 15.9 Å². The summed E-state index contributed by atoms with van der Waals surface area (Å²) in [5.74, 6) is 0.550. The Bertz CT molecular complexity index is 924. The van der Waals surface area contributed by atoms with Gasteiger partial charge in [0.05, 0.1) is 19.8 Å². The lowest BCUT2D eigenvalue weighted by Crippen LogP contribution is -2.14. The summed E-state index contributed by atoms with van der Waals surface area (Å²) >= 11 is 3.37. The van der Waals surface area contributed by atoms with Gasteiger partial charge in [-0.25, -0.2) is 4.79 Å². The van der Waals surface area contributed by atoms with Gasteiger partial charge in [0, 0.05) is 16.1 Å². The van der Waals surface area contributed by atoms with Gasteiger partial charge in [0.2, 0.25) is 0 Å². The average molecular weight is 419 g/mol. The quantitative estimate of drug-likeness (QED) is 0.707. The fourth-order valence-corrected chi connectivity index (χ4v) is 2.74. The van der Waals surface area contributed by atoms with Crippen LogP contribution in [-0.4, -0.2) is 31.9 Å². The molecule has 1 aliphatic rings. The molecule has 8 heteroatoms. The van der Waals surface area contributed by atoms with E-state index in [1.54, 1.807) is 37.5 Å². The van der Waals surface area contributed by atoms with Gasteiger partial charge >= 0.3 is 5.97 Å². The van der Waals surface area contributed by atoms with Crippen molar-refractivity contribution in [2.75, 3.05) is 20.8 Å². The van der Waals surface area contributed by atoms with Gasteiger partial charge in [-0.2, -0.15) is 0 Å². The summed E-state index contributed by atoms with van der Waals surface area (Å²) < 4.78 is 17.0. The van der Waals surface area contributed by atoms with Crippen LogP contribution in [0, 0.1) is 0 Å². The number of fused-ring (bicyclic) bond motifs is 1. The van der Waals surface area contributed by atoms with Gasteiger partial charge in [-0.3, -0.25) is 0 Å². The molecule has 0 fully saturated rings. The Morgan fingerprint density at radius 1 is 1.12 bits per heavy atom. The number of carboxylic acid groups (broad SMARTS) is 1. The third kappa shape index (κ3) is 3.70. The third-order valence-electron chi connectivity index (χ3n) is 3.71. The van der Waals surface area contributed by atoms with Crippen LogP contribution < -0.4 is 14.2 Å². The van der Waals surface area contributed by atoms with Crippen molar-refractivity contribution in [2.24, 2.45) is 10.2 Å². The van der Waals surface area contributed by atoms with Crippen molar-refractivity contribution < 1.29 is 24.1 Å². The van der Waals surface area contributed by atoms with E-state index in [0.29, 0.717) is 34.2 Å². The molecule has 0 unspecified atom stereocenters. The van der Waals surface area contributed by atoms with Gasteiger partial charge in [0.25, 0.3) is 0 Å². The Morgan fingerprint density at radius 2 is 1.81 bits per heavy atom. The second kappa shape index (κ2) is 7.57. The zero-order valence-electron chi connectivity index (χ0n) is 14.0. The molecule has 0 atom stereocenters. The zero-order chi connectivity index (χ0) is 18.7. The van der Waals surface area contributed by atoms with E-state index in [1.807, 2.05) is 6.07 Å². The van der Waals surface area contributed by atoms with Crippen molar-refractivity contribution in [1.82, 2.24) is 0 Å².